The van der Waals surface area contributed by atoms with E-state index in [1.54, 1.807) is 13.4 Å². The number of fused-ring (bicyclic) bond motifs is 2. The van der Waals surface area contributed by atoms with Gasteiger partial charge in [-0.3, -0.25) is 0 Å². The Morgan fingerprint density at radius 3 is 2.93 bits per heavy atom. The van der Waals surface area contributed by atoms with Gasteiger partial charge in [0, 0.05) is 37.3 Å². The molecule has 0 atom stereocenters. The lowest BCUT2D eigenvalue weighted by atomic mass is 10.1. The number of aryl methyl sites for hydroxylation is 1. The van der Waals surface area contributed by atoms with Gasteiger partial charge in [0.05, 0.1) is 12.9 Å². The molecule has 0 amide bonds. The standard InChI is InChI=1S/C19H23N7O/c1-12-3-4-15-14(9-12)13(10-22-15)5-6-21-19-25-17(20-7-8-27-2)16-18(26-19)24-11-23-16/h3-4,9-11,22H,5-8H2,1-2H3,(H3,20,21,23,24,25,26). The smallest absolute Gasteiger partial charge is 0.226 e. The Morgan fingerprint density at radius 2 is 2.04 bits per heavy atom. The molecular weight excluding hydrogens is 342 g/mol. The van der Waals surface area contributed by atoms with Crippen LogP contribution in [0.2, 0.25) is 0 Å². The summed E-state index contributed by atoms with van der Waals surface area (Å²) in [6.07, 6.45) is 4.57. The number of anilines is 2. The van der Waals surface area contributed by atoms with E-state index in [0.717, 1.165) is 29.8 Å². The van der Waals surface area contributed by atoms with Gasteiger partial charge in [-0.05, 0) is 31.0 Å². The van der Waals surface area contributed by atoms with E-state index in [2.05, 4.69) is 66.9 Å². The number of methoxy groups -OCH3 is 1. The third-order valence-corrected chi connectivity index (χ3v) is 4.48. The molecule has 0 bridgehead atoms. The number of aromatic amines is 2. The van der Waals surface area contributed by atoms with Crippen molar-refractivity contribution in [2.24, 2.45) is 0 Å². The Kier molecular flexibility index (Phi) is 4.88. The van der Waals surface area contributed by atoms with Crippen molar-refractivity contribution in [1.29, 1.82) is 0 Å². The Morgan fingerprint density at radius 1 is 1.11 bits per heavy atom. The van der Waals surface area contributed by atoms with Crippen molar-refractivity contribution < 1.29 is 4.74 Å². The monoisotopic (exact) mass is 365 g/mol. The summed E-state index contributed by atoms with van der Waals surface area (Å²) in [6.45, 7) is 4.10. The van der Waals surface area contributed by atoms with Gasteiger partial charge in [-0.25, -0.2) is 4.98 Å². The summed E-state index contributed by atoms with van der Waals surface area (Å²) >= 11 is 0. The minimum atomic E-state index is 0.561. The van der Waals surface area contributed by atoms with Crippen LogP contribution in [0.1, 0.15) is 11.1 Å². The van der Waals surface area contributed by atoms with Gasteiger partial charge in [0.2, 0.25) is 5.95 Å². The highest BCUT2D eigenvalue weighted by molar-refractivity contribution is 5.84. The van der Waals surface area contributed by atoms with Crippen molar-refractivity contribution in [1.82, 2.24) is 24.9 Å². The minimum Gasteiger partial charge on any atom is -0.383 e. The van der Waals surface area contributed by atoms with Crippen molar-refractivity contribution in [2.45, 2.75) is 13.3 Å². The van der Waals surface area contributed by atoms with Crippen LogP contribution in [-0.2, 0) is 11.2 Å². The number of imidazole rings is 1. The molecule has 8 nitrogen and oxygen atoms in total. The summed E-state index contributed by atoms with van der Waals surface area (Å²) in [6, 6.07) is 6.45. The zero-order valence-corrected chi connectivity index (χ0v) is 15.5. The molecule has 0 radical (unpaired) electrons. The van der Waals surface area contributed by atoms with Gasteiger partial charge < -0.3 is 25.3 Å². The molecule has 0 unspecified atom stereocenters. The minimum absolute atomic E-state index is 0.561. The second-order valence-corrected chi connectivity index (χ2v) is 6.46. The third kappa shape index (κ3) is 3.70. The Labute approximate surface area is 156 Å². The van der Waals surface area contributed by atoms with Crippen LogP contribution in [0, 0.1) is 6.92 Å². The maximum atomic E-state index is 5.09. The van der Waals surface area contributed by atoms with Gasteiger partial charge in [-0.2, -0.15) is 9.97 Å². The molecule has 0 fully saturated rings. The molecule has 1 aromatic carbocycles. The molecule has 0 aliphatic heterocycles. The number of aromatic nitrogens is 5. The molecule has 4 rings (SSSR count). The number of nitrogens with one attached hydrogen (secondary N) is 4. The SMILES string of the molecule is COCCNc1nc(NCCc2c[nH]c3ccc(C)cc23)nc2nc[nH]c12. The molecule has 3 aromatic heterocycles. The topological polar surface area (TPSA) is 104 Å². The summed E-state index contributed by atoms with van der Waals surface area (Å²) in [4.78, 5) is 19.7. The fourth-order valence-corrected chi connectivity index (χ4v) is 3.12. The second kappa shape index (κ2) is 7.63. The first-order chi connectivity index (χ1) is 13.2. The zero-order chi connectivity index (χ0) is 18.6. The lowest BCUT2D eigenvalue weighted by Gasteiger charge is -2.09. The van der Waals surface area contributed by atoms with Crippen LogP contribution >= 0.6 is 0 Å². The Hall–Kier alpha value is -3.13. The maximum Gasteiger partial charge on any atom is 0.226 e. The number of benzene rings is 1. The third-order valence-electron chi connectivity index (χ3n) is 4.48. The molecule has 8 heteroatoms. The number of rotatable bonds is 8. The number of hydrogen-bond acceptors (Lipinski definition) is 6. The van der Waals surface area contributed by atoms with E-state index in [9.17, 15) is 0 Å². The molecule has 0 aliphatic rings. The van der Waals surface area contributed by atoms with Crippen LogP contribution in [0.3, 0.4) is 0 Å². The van der Waals surface area contributed by atoms with Crippen molar-refractivity contribution in [2.75, 3.05) is 37.4 Å². The first-order valence-corrected chi connectivity index (χ1v) is 8.99. The molecule has 4 aromatic rings. The van der Waals surface area contributed by atoms with Crippen LogP contribution in [0.5, 0.6) is 0 Å². The summed E-state index contributed by atoms with van der Waals surface area (Å²) in [5, 5.41) is 7.84. The highest BCUT2D eigenvalue weighted by atomic mass is 16.5. The van der Waals surface area contributed by atoms with E-state index in [0.29, 0.717) is 24.7 Å². The van der Waals surface area contributed by atoms with E-state index in [-0.39, 0.29) is 0 Å². The lowest BCUT2D eigenvalue weighted by molar-refractivity contribution is 0.210. The van der Waals surface area contributed by atoms with Crippen LogP contribution < -0.4 is 10.6 Å². The van der Waals surface area contributed by atoms with Crippen molar-refractivity contribution in [3.63, 3.8) is 0 Å². The normalized spacial score (nSPS) is 11.3. The van der Waals surface area contributed by atoms with Gasteiger partial charge in [-0.15, -0.1) is 0 Å². The van der Waals surface area contributed by atoms with Crippen molar-refractivity contribution in [3.8, 4) is 0 Å². The number of H-pyrrole nitrogens is 2. The molecule has 0 saturated carbocycles. The van der Waals surface area contributed by atoms with E-state index in [4.69, 9.17) is 4.74 Å². The van der Waals surface area contributed by atoms with Gasteiger partial charge in [0.1, 0.15) is 5.52 Å². The van der Waals surface area contributed by atoms with E-state index >= 15 is 0 Å². The van der Waals surface area contributed by atoms with Gasteiger partial charge in [-0.1, -0.05) is 11.6 Å². The van der Waals surface area contributed by atoms with Crippen LogP contribution in [0.25, 0.3) is 22.1 Å². The molecule has 4 N–H and O–H groups in total. The Bertz CT molecular complexity index is 1050. The van der Waals surface area contributed by atoms with Gasteiger partial charge >= 0.3 is 0 Å². The largest absolute Gasteiger partial charge is 0.383 e. The zero-order valence-electron chi connectivity index (χ0n) is 15.5. The molecule has 140 valence electrons. The summed E-state index contributed by atoms with van der Waals surface area (Å²) in [5.41, 5.74) is 5.13. The maximum absolute atomic E-state index is 5.09. The molecular formula is C19H23N7O. The summed E-state index contributed by atoms with van der Waals surface area (Å²) in [5.74, 6) is 1.28. The molecule has 3 heterocycles. The Balaban J connectivity index is 1.47. The highest BCUT2D eigenvalue weighted by Gasteiger charge is 2.10. The van der Waals surface area contributed by atoms with Crippen LogP contribution in [-0.4, -0.2) is 51.7 Å². The number of ether oxygens (including phenoxy) is 1. The molecule has 0 saturated heterocycles. The molecule has 27 heavy (non-hydrogen) atoms. The van der Waals surface area contributed by atoms with Gasteiger partial charge in [0.15, 0.2) is 11.5 Å². The number of nitrogens with zero attached hydrogens (tertiary/aromatic N) is 3. The van der Waals surface area contributed by atoms with Crippen molar-refractivity contribution in [3.05, 3.63) is 41.9 Å². The van der Waals surface area contributed by atoms with E-state index in [1.165, 1.54) is 16.5 Å². The predicted molar refractivity (Wildman–Crippen MR) is 107 cm³/mol. The van der Waals surface area contributed by atoms with Crippen LogP contribution in [0.4, 0.5) is 11.8 Å². The molecule has 0 spiro atoms. The predicted octanol–water partition coefficient (Wildman–Crippen LogP) is 2.86. The first-order valence-electron chi connectivity index (χ1n) is 8.99. The molecule has 0 aliphatic carbocycles. The first kappa shape index (κ1) is 17.3. The van der Waals surface area contributed by atoms with Crippen molar-refractivity contribution >= 4 is 33.8 Å². The average Bonchev–Trinajstić information content (AvgIpc) is 3.29. The fourth-order valence-electron chi connectivity index (χ4n) is 3.12. The summed E-state index contributed by atoms with van der Waals surface area (Å²) < 4.78 is 5.09. The van der Waals surface area contributed by atoms with Crippen LogP contribution in [0.15, 0.2) is 30.7 Å². The highest BCUT2D eigenvalue weighted by Crippen LogP contribution is 2.21. The van der Waals surface area contributed by atoms with Gasteiger partial charge in [0.25, 0.3) is 0 Å². The fraction of sp³-hybridized carbons (Fsp3) is 0.316. The number of hydrogen-bond donors (Lipinski definition) is 4. The lowest BCUT2D eigenvalue weighted by Crippen LogP contribution is -2.12. The van der Waals surface area contributed by atoms with E-state index in [1.807, 2.05) is 0 Å². The average molecular weight is 365 g/mol. The quantitative estimate of drug-likeness (QED) is 0.358. The summed E-state index contributed by atoms with van der Waals surface area (Å²) in [7, 11) is 1.67. The van der Waals surface area contributed by atoms with E-state index < -0.39 is 0 Å². The second-order valence-electron chi connectivity index (χ2n) is 6.46.